The highest BCUT2D eigenvalue weighted by molar-refractivity contribution is 5.95. The topological polar surface area (TPSA) is 57.3 Å². The lowest BCUT2D eigenvalue weighted by Crippen LogP contribution is -2.35. The van der Waals surface area contributed by atoms with Crippen LogP contribution in [0.15, 0.2) is 54.9 Å². The van der Waals surface area contributed by atoms with Gasteiger partial charge in [-0.2, -0.15) is 0 Å². The van der Waals surface area contributed by atoms with Crippen molar-refractivity contribution in [3.05, 3.63) is 71.6 Å². The summed E-state index contributed by atoms with van der Waals surface area (Å²) >= 11 is 0. The van der Waals surface area contributed by atoms with Gasteiger partial charge < -0.3 is 15.5 Å². The number of amides is 1. The molecule has 4 rings (SSSR count). The molecule has 2 aliphatic rings. The predicted molar refractivity (Wildman–Crippen MR) is 117 cm³/mol. The zero-order valence-corrected chi connectivity index (χ0v) is 17.3. The van der Waals surface area contributed by atoms with Crippen molar-refractivity contribution < 1.29 is 4.79 Å². The monoisotopic (exact) mass is 390 g/mol. The summed E-state index contributed by atoms with van der Waals surface area (Å²) in [6.45, 7) is 7.85. The number of nitrogens with one attached hydrogen (secondary N) is 2. The van der Waals surface area contributed by atoms with Gasteiger partial charge in [0.15, 0.2) is 0 Å². The molecule has 3 unspecified atom stereocenters. The molecule has 0 fully saturated rings. The van der Waals surface area contributed by atoms with Crippen molar-refractivity contribution in [3.8, 4) is 0 Å². The zero-order chi connectivity index (χ0) is 20.2. The van der Waals surface area contributed by atoms with Crippen molar-refractivity contribution in [1.29, 1.82) is 0 Å². The molecule has 2 heterocycles. The van der Waals surface area contributed by atoms with Gasteiger partial charge in [-0.05, 0) is 60.8 Å². The highest BCUT2D eigenvalue weighted by Gasteiger charge is 2.38. The summed E-state index contributed by atoms with van der Waals surface area (Å²) < 4.78 is 0. The van der Waals surface area contributed by atoms with Crippen molar-refractivity contribution in [1.82, 2.24) is 15.2 Å². The van der Waals surface area contributed by atoms with Crippen LogP contribution < -0.4 is 10.6 Å². The van der Waals surface area contributed by atoms with Gasteiger partial charge in [0.1, 0.15) is 0 Å². The quantitative estimate of drug-likeness (QED) is 0.702. The molecule has 152 valence electrons. The second kappa shape index (κ2) is 8.78. The largest absolute Gasteiger partial charge is 0.378 e. The summed E-state index contributed by atoms with van der Waals surface area (Å²) in [6.07, 6.45) is 9.38. The Balaban J connectivity index is 1.51. The van der Waals surface area contributed by atoms with Gasteiger partial charge >= 0.3 is 0 Å². The molecule has 5 nitrogen and oxygen atoms in total. The number of pyridine rings is 1. The average Bonchev–Trinajstić information content (AvgIpc) is 3.26. The fourth-order valence-electron chi connectivity index (χ4n) is 4.60. The van der Waals surface area contributed by atoms with E-state index in [2.05, 4.69) is 64.7 Å². The van der Waals surface area contributed by atoms with Gasteiger partial charge in [0.05, 0.1) is 6.04 Å². The van der Waals surface area contributed by atoms with E-state index in [0.717, 1.165) is 37.3 Å². The second-order valence-electron chi connectivity index (χ2n) is 7.85. The fraction of sp³-hybridized carbons (Fsp3) is 0.417. The van der Waals surface area contributed by atoms with E-state index < -0.39 is 0 Å². The summed E-state index contributed by atoms with van der Waals surface area (Å²) in [6, 6.07) is 10.4. The number of carbonyl (C=O) groups excluding carboxylic acids is 1. The number of nitrogens with zero attached hydrogens (tertiary/aromatic N) is 2. The first kappa shape index (κ1) is 19.6. The van der Waals surface area contributed by atoms with E-state index in [0.29, 0.717) is 18.4 Å². The molecule has 5 heteroatoms. The summed E-state index contributed by atoms with van der Waals surface area (Å²) in [4.78, 5) is 19.3. The third-order valence-electron chi connectivity index (χ3n) is 6.28. The molecular weight excluding hydrogens is 360 g/mol. The molecule has 1 aliphatic heterocycles. The van der Waals surface area contributed by atoms with E-state index in [9.17, 15) is 4.79 Å². The van der Waals surface area contributed by atoms with Gasteiger partial charge in [0.2, 0.25) is 0 Å². The van der Waals surface area contributed by atoms with Crippen molar-refractivity contribution >= 4 is 11.6 Å². The Bertz CT molecular complexity index is 876. The number of fused-ring (bicyclic) bond motifs is 3. The lowest BCUT2D eigenvalue weighted by atomic mass is 9.77. The molecule has 3 atom stereocenters. The fourth-order valence-corrected chi connectivity index (χ4v) is 4.60. The third-order valence-corrected chi connectivity index (χ3v) is 6.28. The number of hydrogen-bond donors (Lipinski definition) is 2. The Morgan fingerprint density at radius 1 is 1.28 bits per heavy atom. The normalized spacial score (nSPS) is 22.1. The molecule has 1 aromatic heterocycles. The maximum absolute atomic E-state index is 12.7. The summed E-state index contributed by atoms with van der Waals surface area (Å²) in [5.41, 5.74) is 4.30. The van der Waals surface area contributed by atoms with Crippen LogP contribution >= 0.6 is 0 Å². The van der Waals surface area contributed by atoms with Gasteiger partial charge in [-0.3, -0.25) is 9.78 Å². The third kappa shape index (κ3) is 4.06. The van der Waals surface area contributed by atoms with Crippen LogP contribution in [0.2, 0.25) is 0 Å². The predicted octanol–water partition coefficient (Wildman–Crippen LogP) is 3.98. The Labute approximate surface area is 173 Å². The van der Waals surface area contributed by atoms with E-state index in [4.69, 9.17) is 0 Å². The van der Waals surface area contributed by atoms with Crippen molar-refractivity contribution in [2.75, 3.05) is 31.5 Å². The molecule has 0 saturated carbocycles. The van der Waals surface area contributed by atoms with Crippen LogP contribution in [-0.4, -0.2) is 42.0 Å². The number of rotatable bonds is 7. The summed E-state index contributed by atoms with van der Waals surface area (Å²) in [5, 5.41) is 6.78. The number of likely N-dealkylation sites (N-methyl/N-ethyl adjacent to an activating group) is 1. The first-order valence-corrected chi connectivity index (χ1v) is 10.7. The lowest BCUT2D eigenvalue weighted by molar-refractivity contribution is 0.0949. The SMILES string of the molecule is CCN(CC)CCNC(=O)c1ccc2c(c1)C1C=CCC1C(c1cccnc1)N2. The van der Waals surface area contributed by atoms with E-state index in [-0.39, 0.29) is 11.9 Å². The van der Waals surface area contributed by atoms with Gasteiger partial charge in [0, 0.05) is 42.7 Å². The zero-order valence-electron chi connectivity index (χ0n) is 17.3. The summed E-state index contributed by atoms with van der Waals surface area (Å²) in [5.74, 6) is 0.792. The Morgan fingerprint density at radius 2 is 2.14 bits per heavy atom. The average molecular weight is 391 g/mol. The van der Waals surface area contributed by atoms with E-state index in [1.54, 1.807) is 0 Å². The van der Waals surface area contributed by atoms with Crippen LogP contribution in [0.1, 0.15) is 53.7 Å². The van der Waals surface area contributed by atoms with E-state index in [1.807, 2.05) is 24.5 Å². The van der Waals surface area contributed by atoms with Crippen molar-refractivity contribution in [3.63, 3.8) is 0 Å². The minimum Gasteiger partial charge on any atom is -0.378 e. The number of aromatic nitrogens is 1. The molecule has 2 N–H and O–H groups in total. The molecule has 1 amide bonds. The van der Waals surface area contributed by atoms with E-state index in [1.165, 1.54) is 11.1 Å². The molecule has 0 radical (unpaired) electrons. The van der Waals surface area contributed by atoms with Crippen LogP contribution in [0.3, 0.4) is 0 Å². The van der Waals surface area contributed by atoms with Crippen LogP contribution in [-0.2, 0) is 0 Å². The number of hydrogen-bond acceptors (Lipinski definition) is 4. The van der Waals surface area contributed by atoms with Crippen molar-refractivity contribution in [2.24, 2.45) is 5.92 Å². The number of anilines is 1. The van der Waals surface area contributed by atoms with Crippen LogP contribution in [0.5, 0.6) is 0 Å². The highest BCUT2D eigenvalue weighted by Crippen LogP contribution is 2.49. The second-order valence-corrected chi connectivity index (χ2v) is 7.85. The molecule has 2 aromatic rings. The maximum Gasteiger partial charge on any atom is 0.251 e. The number of carbonyl (C=O) groups is 1. The highest BCUT2D eigenvalue weighted by atomic mass is 16.1. The first-order chi connectivity index (χ1) is 14.2. The molecule has 1 aromatic carbocycles. The minimum absolute atomic E-state index is 0.00728. The van der Waals surface area contributed by atoms with Crippen LogP contribution in [0, 0.1) is 5.92 Å². The number of benzene rings is 1. The molecule has 29 heavy (non-hydrogen) atoms. The van der Waals surface area contributed by atoms with Gasteiger partial charge in [-0.25, -0.2) is 0 Å². The van der Waals surface area contributed by atoms with E-state index >= 15 is 0 Å². The Kier molecular flexibility index (Phi) is 5.95. The molecule has 0 bridgehead atoms. The molecule has 0 saturated heterocycles. The van der Waals surface area contributed by atoms with Crippen molar-refractivity contribution in [2.45, 2.75) is 32.2 Å². The molecule has 0 spiro atoms. The van der Waals surface area contributed by atoms with Gasteiger partial charge in [-0.1, -0.05) is 32.1 Å². The van der Waals surface area contributed by atoms with Crippen LogP contribution in [0.4, 0.5) is 5.69 Å². The Morgan fingerprint density at radius 3 is 2.90 bits per heavy atom. The Hall–Kier alpha value is -2.66. The molecular formula is C24H30N4O. The summed E-state index contributed by atoms with van der Waals surface area (Å²) in [7, 11) is 0. The smallest absolute Gasteiger partial charge is 0.251 e. The lowest BCUT2D eigenvalue weighted by Gasteiger charge is -2.37. The molecule has 1 aliphatic carbocycles. The first-order valence-electron chi connectivity index (χ1n) is 10.7. The minimum atomic E-state index is 0.00728. The van der Waals surface area contributed by atoms with Gasteiger partial charge in [-0.15, -0.1) is 0 Å². The van der Waals surface area contributed by atoms with Crippen LogP contribution in [0.25, 0.3) is 0 Å². The maximum atomic E-state index is 12.7. The number of allylic oxidation sites excluding steroid dienone is 2. The van der Waals surface area contributed by atoms with Gasteiger partial charge in [0.25, 0.3) is 5.91 Å². The standard InChI is InChI=1S/C24H30N4O/c1-3-28(4-2)14-13-26-24(29)17-10-11-22-21(15-17)19-8-5-9-20(19)23(27-22)18-7-6-12-25-16-18/h5-8,10-12,15-16,19-20,23,27H,3-4,9,13-14H2,1-2H3,(H,26,29).